The van der Waals surface area contributed by atoms with E-state index in [1.165, 1.54) is 6.07 Å². The van der Waals surface area contributed by atoms with E-state index in [-0.39, 0.29) is 0 Å². The molecule has 0 aromatic carbocycles. The lowest BCUT2D eigenvalue weighted by atomic mass is 10.3. The highest BCUT2D eigenvalue weighted by Crippen LogP contribution is 2.30. The number of hydrogen-bond acceptors (Lipinski definition) is 6. The van der Waals surface area contributed by atoms with Gasteiger partial charge >= 0.3 is 6.36 Å². The van der Waals surface area contributed by atoms with E-state index >= 15 is 0 Å². The second-order valence-electron chi connectivity index (χ2n) is 2.93. The fourth-order valence-electron chi connectivity index (χ4n) is 1.03. The van der Waals surface area contributed by atoms with Crippen LogP contribution in [0.1, 0.15) is 5.56 Å². The molecular formula is C7H5F3N4O3S. The Morgan fingerprint density at radius 2 is 2.00 bits per heavy atom. The lowest BCUT2D eigenvalue weighted by molar-refractivity contribution is -0.274. The van der Waals surface area contributed by atoms with Gasteiger partial charge in [-0.15, -0.1) is 13.2 Å². The molecule has 0 saturated heterocycles. The van der Waals surface area contributed by atoms with Crippen molar-refractivity contribution in [2.75, 3.05) is 5.73 Å². The molecule has 0 saturated carbocycles. The van der Waals surface area contributed by atoms with Gasteiger partial charge < -0.3 is 10.5 Å². The third kappa shape index (κ3) is 3.22. The Bertz CT molecular complexity index is 620. The highest BCUT2D eigenvalue weighted by molar-refractivity contribution is 7.89. The van der Waals surface area contributed by atoms with E-state index in [1.807, 2.05) is 0 Å². The molecule has 4 N–H and O–H groups in total. The molecule has 0 amide bonds. The summed E-state index contributed by atoms with van der Waals surface area (Å²) >= 11 is 0. The summed E-state index contributed by atoms with van der Waals surface area (Å²) in [6.45, 7) is 0. The van der Waals surface area contributed by atoms with Crippen LogP contribution in [0, 0.1) is 11.3 Å². The van der Waals surface area contributed by atoms with Crippen molar-refractivity contribution in [2.45, 2.75) is 11.4 Å². The first-order chi connectivity index (χ1) is 8.04. The van der Waals surface area contributed by atoms with Gasteiger partial charge in [-0.3, -0.25) is 0 Å². The van der Waals surface area contributed by atoms with Crippen molar-refractivity contribution >= 4 is 15.8 Å². The molecule has 0 aliphatic carbocycles. The van der Waals surface area contributed by atoms with Gasteiger partial charge in [0.25, 0.3) is 10.0 Å². The largest absolute Gasteiger partial charge is 0.573 e. The molecule has 98 valence electrons. The van der Waals surface area contributed by atoms with Crippen LogP contribution in [-0.4, -0.2) is 19.8 Å². The fourth-order valence-corrected chi connectivity index (χ4v) is 1.69. The molecule has 0 spiro atoms. The summed E-state index contributed by atoms with van der Waals surface area (Å²) in [6, 6.07) is 1.79. The van der Waals surface area contributed by atoms with E-state index in [9.17, 15) is 21.6 Å². The average Bonchev–Trinajstić information content (AvgIpc) is 2.12. The van der Waals surface area contributed by atoms with Crippen molar-refractivity contribution in [1.29, 1.82) is 5.26 Å². The summed E-state index contributed by atoms with van der Waals surface area (Å²) in [5.74, 6) is -1.67. The number of pyridine rings is 1. The third-order valence-electron chi connectivity index (χ3n) is 1.58. The highest BCUT2D eigenvalue weighted by Gasteiger charge is 2.34. The van der Waals surface area contributed by atoms with Gasteiger partial charge in [0.15, 0.2) is 10.8 Å². The van der Waals surface area contributed by atoms with E-state index in [2.05, 4.69) is 9.72 Å². The van der Waals surface area contributed by atoms with E-state index in [1.54, 1.807) is 0 Å². The maximum Gasteiger partial charge on any atom is 0.573 e. The number of primary sulfonamides is 1. The number of anilines is 1. The van der Waals surface area contributed by atoms with Crippen molar-refractivity contribution in [3.63, 3.8) is 0 Å². The molecule has 1 aromatic heterocycles. The van der Waals surface area contributed by atoms with Crippen LogP contribution in [-0.2, 0) is 10.0 Å². The summed E-state index contributed by atoms with van der Waals surface area (Å²) < 4.78 is 61.7. The minimum absolute atomic E-state index is 0.570. The van der Waals surface area contributed by atoms with Crippen LogP contribution in [0.25, 0.3) is 0 Å². The molecule has 0 atom stereocenters. The number of nitriles is 1. The molecular weight excluding hydrogens is 277 g/mol. The van der Waals surface area contributed by atoms with Gasteiger partial charge in [-0.1, -0.05) is 0 Å². The van der Waals surface area contributed by atoms with E-state index in [4.69, 9.17) is 16.1 Å². The van der Waals surface area contributed by atoms with Crippen molar-refractivity contribution in [3.05, 3.63) is 11.6 Å². The van der Waals surface area contributed by atoms with Gasteiger partial charge in [0.2, 0.25) is 0 Å². The normalized spacial score (nSPS) is 11.9. The number of ether oxygens (including phenoxy) is 1. The van der Waals surface area contributed by atoms with Crippen molar-refractivity contribution in [3.8, 4) is 11.8 Å². The maximum absolute atomic E-state index is 12.0. The number of sulfonamides is 1. The molecule has 1 aromatic rings. The Morgan fingerprint density at radius 1 is 1.44 bits per heavy atom. The summed E-state index contributed by atoms with van der Waals surface area (Å²) in [5, 5.41) is 12.3. The van der Waals surface area contributed by atoms with Crippen LogP contribution in [0.3, 0.4) is 0 Å². The summed E-state index contributed by atoms with van der Waals surface area (Å²) in [5.41, 5.74) is 4.14. The first-order valence-corrected chi connectivity index (χ1v) is 5.58. The molecule has 0 aliphatic heterocycles. The van der Waals surface area contributed by atoms with Gasteiger partial charge in [-0.05, 0) is 0 Å². The minimum atomic E-state index is -5.12. The summed E-state index contributed by atoms with van der Waals surface area (Å²) in [4.78, 5) is 3.20. The molecule has 0 radical (unpaired) electrons. The van der Waals surface area contributed by atoms with E-state index in [0.717, 1.165) is 0 Å². The van der Waals surface area contributed by atoms with E-state index < -0.39 is 38.5 Å². The monoisotopic (exact) mass is 282 g/mol. The molecule has 0 unspecified atom stereocenters. The smallest absolute Gasteiger partial charge is 0.404 e. The van der Waals surface area contributed by atoms with Crippen LogP contribution in [0.4, 0.5) is 19.0 Å². The number of alkyl halides is 3. The second kappa shape index (κ2) is 4.31. The zero-order valence-electron chi connectivity index (χ0n) is 8.39. The Balaban J connectivity index is 3.55. The molecule has 1 rings (SSSR count). The van der Waals surface area contributed by atoms with Gasteiger partial charge in [-0.25, -0.2) is 18.5 Å². The minimum Gasteiger partial charge on any atom is -0.404 e. The number of nitrogens with zero attached hydrogens (tertiary/aromatic N) is 2. The molecule has 0 fully saturated rings. The topological polar surface area (TPSA) is 132 Å². The highest BCUT2D eigenvalue weighted by atomic mass is 32.2. The molecule has 1 heterocycles. The van der Waals surface area contributed by atoms with Crippen LogP contribution >= 0.6 is 0 Å². The van der Waals surface area contributed by atoms with Gasteiger partial charge in [-0.2, -0.15) is 5.26 Å². The van der Waals surface area contributed by atoms with Crippen LogP contribution in [0.2, 0.25) is 0 Å². The standard InChI is InChI=1S/C7H5F3N4O3S/c8-7(9,10)17-4-1-5(12)14-6(3(4)2-11)18(13,15)16/h1H,(H2,12,14)(H2,13,15,16). The Labute approximate surface area is 98.8 Å². The number of nitrogen functional groups attached to an aromatic ring is 1. The zero-order valence-corrected chi connectivity index (χ0v) is 9.21. The number of hydrogen-bond donors (Lipinski definition) is 2. The Morgan fingerprint density at radius 3 is 2.39 bits per heavy atom. The molecule has 11 heteroatoms. The number of halogens is 3. The van der Waals surface area contributed by atoms with Gasteiger partial charge in [0, 0.05) is 6.07 Å². The molecule has 0 aliphatic rings. The number of nitrogens with two attached hydrogens (primary N) is 2. The average molecular weight is 282 g/mol. The van der Waals surface area contributed by atoms with Crippen molar-refractivity contribution in [2.24, 2.45) is 5.14 Å². The van der Waals surface area contributed by atoms with Crippen LogP contribution in [0.15, 0.2) is 11.1 Å². The zero-order chi connectivity index (χ0) is 14.1. The van der Waals surface area contributed by atoms with Gasteiger partial charge in [0.1, 0.15) is 17.5 Å². The predicted molar refractivity (Wildman–Crippen MR) is 51.4 cm³/mol. The predicted octanol–water partition coefficient (Wildman–Crippen LogP) is 0.0815. The van der Waals surface area contributed by atoms with Crippen LogP contribution in [0.5, 0.6) is 5.75 Å². The Kier molecular flexibility index (Phi) is 3.36. The third-order valence-corrected chi connectivity index (χ3v) is 2.41. The first-order valence-electron chi connectivity index (χ1n) is 4.04. The van der Waals surface area contributed by atoms with Crippen LogP contribution < -0.4 is 15.6 Å². The lowest BCUT2D eigenvalue weighted by Crippen LogP contribution is -2.21. The first kappa shape index (κ1) is 14.0. The fraction of sp³-hybridized carbons (Fsp3) is 0.143. The van der Waals surface area contributed by atoms with Crippen molar-refractivity contribution in [1.82, 2.24) is 4.98 Å². The van der Waals surface area contributed by atoms with E-state index in [0.29, 0.717) is 6.07 Å². The lowest BCUT2D eigenvalue weighted by Gasteiger charge is -2.12. The quantitative estimate of drug-likeness (QED) is 0.789. The molecule has 0 bridgehead atoms. The summed E-state index contributed by atoms with van der Waals surface area (Å²) in [7, 11) is -4.51. The number of aromatic nitrogens is 1. The molecule has 7 nitrogen and oxygen atoms in total. The maximum atomic E-state index is 12.0. The molecule has 18 heavy (non-hydrogen) atoms. The van der Waals surface area contributed by atoms with Gasteiger partial charge in [0.05, 0.1) is 0 Å². The number of rotatable bonds is 2. The van der Waals surface area contributed by atoms with Crippen molar-refractivity contribution < 1.29 is 26.3 Å². The SMILES string of the molecule is N#Cc1c(OC(F)(F)F)cc(N)nc1S(N)(=O)=O. The second-order valence-corrected chi connectivity index (χ2v) is 4.41. The Hall–Kier alpha value is -2.06. The summed E-state index contributed by atoms with van der Waals surface area (Å²) in [6.07, 6.45) is -5.12.